The molecule has 2 heteroatoms. The molecule has 0 aromatic heterocycles. The van der Waals surface area contributed by atoms with Gasteiger partial charge in [0.2, 0.25) is 0 Å². The Hall–Kier alpha value is -1.76. The zero-order valence-corrected chi connectivity index (χ0v) is 12.5. The van der Waals surface area contributed by atoms with Crippen LogP contribution in [0.3, 0.4) is 0 Å². The van der Waals surface area contributed by atoms with Gasteiger partial charge in [-0.1, -0.05) is 24.6 Å². The molecule has 104 valence electrons. The molecular formula is C18H19FeN. The topological polar surface area (TPSA) is 12.0 Å². The predicted molar refractivity (Wildman–Crippen MR) is 82.7 cm³/mol. The summed E-state index contributed by atoms with van der Waals surface area (Å²) in [6.07, 6.45) is 1.09. The summed E-state index contributed by atoms with van der Waals surface area (Å²) in [7, 11) is 0. The van der Waals surface area contributed by atoms with E-state index in [0.29, 0.717) is 0 Å². The first-order valence-electron chi connectivity index (χ1n) is 6.61. The summed E-state index contributed by atoms with van der Waals surface area (Å²) < 4.78 is 0. The minimum Gasteiger partial charge on any atom is -0.386 e. The Kier molecular flexibility index (Phi) is 8.21. The van der Waals surface area contributed by atoms with Gasteiger partial charge >= 0.3 is 17.1 Å². The zero-order valence-electron chi connectivity index (χ0n) is 11.4. The van der Waals surface area contributed by atoms with Gasteiger partial charge in [0.05, 0.1) is 0 Å². The molecular weight excluding hydrogens is 286 g/mol. The molecule has 0 saturated carbocycles. The van der Waals surface area contributed by atoms with Crippen molar-refractivity contribution in [2.45, 2.75) is 6.42 Å². The second-order valence-electron chi connectivity index (χ2n) is 4.30. The van der Waals surface area contributed by atoms with Crippen molar-refractivity contribution in [3.63, 3.8) is 0 Å². The van der Waals surface area contributed by atoms with Gasteiger partial charge in [0.25, 0.3) is 0 Å². The Labute approximate surface area is 131 Å². The van der Waals surface area contributed by atoms with Crippen LogP contribution in [0.15, 0.2) is 84.9 Å². The first kappa shape index (κ1) is 16.3. The van der Waals surface area contributed by atoms with E-state index in [0.717, 1.165) is 13.0 Å². The fourth-order valence-corrected chi connectivity index (χ4v) is 1.81. The molecule has 20 heavy (non-hydrogen) atoms. The SMILES string of the molecule is [Fe+2].c1cc[cH-]c1.c1ccc(NCC[c-]2cccc2)cc1. The third-order valence-corrected chi connectivity index (χ3v) is 2.80. The van der Waals surface area contributed by atoms with Crippen LogP contribution in [0.2, 0.25) is 0 Å². The number of benzene rings is 1. The maximum absolute atomic E-state index is 3.38. The van der Waals surface area contributed by atoms with Crippen molar-refractivity contribution < 1.29 is 17.1 Å². The normalized spacial score (nSPS) is 9.00. The average molecular weight is 305 g/mol. The van der Waals surface area contributed by atoms with Crippen molar-refractivity contribution >= 4 is 5.69 Å². The number of hydrogen-bond donors (Lipinski definition) is 1. The first-order valence-corrected chi connectivity index (χ1v) is 6.61. The molecule has 0 bridgehead atoms. The number of anilines is 1. The third kappa shape index (κ3) is 6.42. The molecule has 0 atom stereocenters. The maximum atomic E-state index is 3.38. The van der Waals surface area contributed by atoms with Gasteiger partial charge in [-0.2, -0.15) is 35.9 Å². The number of hydrogen-bond acceptors (Lipinski definition) is 1. The van der Waals surface area contributed by atoms with Crippen molar-refractivity contribution in [2.24, 2.45) is 0 Å². The largest absolute Gasteiger partial charge is 2.00 e. The van der Waals surface area contributed by atoms with Crippen LogP contribution in [0.1, 0.15) is 5.56 Å². The molecule has 0 fully saturated rings. The van der Waals surface area contributed by atoms with Gasteiger partial charge in [-0.05, 0) is 12.1 Å². The van der Waals surface area contributed by atoms with Crippen molar-refractivity contribution in [3.8, 4) is 0 Å². The Morgan fingerprint density at radius 3 is 2.05 bits per heavy atom. The Balaban J connectivity index is 0.000000283. The fraction of sp³-hybridized carbons (Fsp3) is 0.111. The van der Waals surface area contributed by atoms with Crippen molar-refractivity contribution in [1.29, 1.82) is 0 Å². The van der Waals surface area contributed by atoms with E-state index in [9.17, 15) is 0 Å². The van der Waals surface area contributed by atoms with E-state index < -0.39 is 0 Å². The van der Waals surface area contributed by atoms with Crippen molar-refractivity contribution in [2.75, 3.05) is 11.9 Å². The van der Waals surface area contributed by atoms with E-state index in [1.54, 1.807) is 0 Å². The molecule has 3 rings (SSSR count). The molecule has 0 amide bonds. The average Bonchev–Trinajstić information content (AvgIpc) is 3.16. The Morgan fingerprint density at radius 1 is 0.850 bits per heavy atom. The molecule has 0 saturated heterocycles. The van der Waals surface area contributed by atoms with Crippen LogP contribution in [-0.4, -0.2) is 6.54 Å². The standard InChI is InChI=1S/C13H14N.C5H5.Fe/c1-2-8-13(9-3-1)14-11-10-12-6-4-5-7-12;1-2-4-5-3-1;/h1-9,14H,10-11H2;1-5H;/q2*-1;+2. The van der Waals surface area contributed by atoms with Crippen LogP contribution in [0.25, 0.3) is 0 Å². The molecule has 1 N–H and O–H groups in total. The number of para-hydroxylation sites is 1. The summed E-state index contributed by atoms with van der Waals surface area (Å²) in [5, 5.41) is 3.38. The monoisotopic (exact) mass is 305 g/mol. The number of nitrogens with one attached hydrogen (secondary N) is 1. The quantitative estimate of drug-likeness (QED) is 0.554. The van der Waals surface area contributed by atoms with Crippen molar-refractivity contribution in [1.82, 2.24) is 0 Å². The fourth-order valence-electron chi connectivity index (χ4n) is 1.81. The van der Waals surface area contributed by atoms with Crippen LogP contribution in [0.4, 0.5) is 5.69 Å². The van der Waals surface area contributed by atoms with Crippen molar-refractivity contribution in [3.05, 3.63) is 90.5 Å². The Morgan fingerprint density at radius 2 is 1.50 bits per heavy atom. The molecule has 0 heterocycles. The van der Waals surface area contributed by atoms with Gasteiger partial charge < -0.3 is 5.32 Å². The minimum absolute atomic E-state index is 0. The van der Waals surface area contributed by atoms with Gasteiger partial charge in [-0.25, -0.2) is 24.3 Å². The minimum atomic E-state index is 0. The van der Waals surface area contributed by atoms with Gasteiger partial charge in [0.15, 0.2) is 0 Å². The van der Waals surface area contributed by atoms with Gasteiger partial charge in [0.1, 0.15) is 0 Å². The predicted octanol–water partition coefficient (Wildman–Crippen LogP) is 4.46. The van der Waals surface area contributed by atoms with Crippen LogP contribution in [0, 0.1) is 0 Å². The zero-order chi connectivity index (χ0) is 13.2. The van der Waals surface area contributed by atoms with E-state index >= 15 is 0 Å². The molecule has 3 aromatic carbocycles. The summed E-state index contributed by atoms with van der Waals surface area (Å²) in [5.41, 5.74) is 2.59. The summed E-state index contributed by atoms with van der Waals surface area (Å²) in [4.78, 5) is 0. The van der Waals surface area contributed by atoms with Gasteiger partial charge in [-0.3, -0.25) is 0 Å². The maximum Gasteiger partial charge on any atom is 2.00 e. The first-order chi connectivity index (χ1) is 9.45. The molecule has 0 radical (unpaired) electrons. The molecule has 0 unspecified atom stereocenters. The molecule has 0 spiro atoms. The summed E-state index contributed by atoms with van der Waals surface area (Å²) >= 11 is 0. The van der Waals surface area contributed by atoms with Crippen LogP contribution < -0.4 is 5.32 Å². The van der Waals surface area contributed by atoms with Crippen LogP contribution in [0.5, 0.6) is 0 Å². The third-order valence-electron chi connectivity index (χ3n) is 2.80. The molecule has 0 aliphatic carbocycles. The Bertz CT molecular complexity index is 495. The smallest absolute Gasteiger partial charge is 0.386 e. The van der Waals surface area contributed by atoms with E-state index in [4.69, 9.17) is 0 Å². The van der Waals surface area contributed by atoms with E-state index in [1.165, 1.54) is 11.3 Å². The molecule has 0 aliphatic heterocycles. The molecule has 0 aliphatic rings. The van der Waals surface area contributed by atoms with Crippen LogP contribution in [-0.2, 0) is 23.5 Å². The van der Waals surface area contributed by atoms with E-state index in [-0.39, 0.29) is 17.1 Å². The molecule has 1 nitrogen and oxygen atoms in total. The van der Waals surface area contributed by atoms with Gasteiger partial charge in [-0.15, -0.1) is 0 Å². The van der Waals surface area contributed by atoms with Gasteiger partial charge in [0, 0.05) is 12.2 Å². The second-order valence-corrected chi connectivity index (χ2v) is 4.30. The summed E-state index contributed by atoms with van der Waals surface area (Å²) in [6, 6.07) is 28.8. The summed E-state index contributed by atoms with van der Waals surface area (Å²) in [5.74, 6) is 0. The second kappa shape index (κ2) is 10.1. The summed E-state index contributed by atoms with van der Waals surface area (Å²) in [6.45, 7) is 0.994. The number of rotatable bonds is 4. The van der Waals surface area contributed by atoms with Crippen LogP contribution >= 0.6 is 0 Å². The van der Waals surface area contributed by atoms with E-state index in [1.807, 2.05) is 48.5 Å². The van der Waals surface area contributed by atoms with E-state index in [2.05, 4.69) is 41.7 Å². The molecule has 3 aromatic rings.